The molecule has 10 heteroatoms. The number of nitro groups is 1. The first-order chi connectivity index (χ1) is 10.7. The second kappa shape index (κ2) is 6.01. The number of amides is 2. The smallest absolute Gasteiger partial charge is 0.305 e. The minimum absolute atomic E-state index is 0.0891. The Kier molecular flexibility index (Phi) is 4.27. The molecule has 2 atom stereocenters. The van der Waals surface area contributed by atoms with Gasteiger partial charge in [-0.2, -0.15) is 0 Å². The summed E-state index contributed by atoms with van der Waals surface area (Å²) in [5.74, 6) is -2.86. The average molecular weight is 322 g/mol. The summed E-state index contributed by atoms with van der Waals surface area (Å²) in [4.78, 5) is 46.2. The standard InChI is InChI=1S/C13H14N4O6/c14-11(12(15)20)9(4-10(18)19)16-5-7-6(13(16)21)2-1-3-8(7)17(22)23/h1-3,9,11H,4-5,14H2,(H2,15,20)(H,18,19)/t9?,11-/m0/s1. The first kappa shape index (κ1) is 16.4. The molecule has 0 aliphatic carbocycles. The Balaban J connectivity index is 2.42. The largest absolute Gasteiger partial charge is 0.481 e. The molecule has 122 valence electrons. The number of hydrogen-bond acceptors (Lipinski definition) is 6. The molecule has 0 saturated carbocycles. The van der Waals surface area contributed by atoms with Crippen molar-refractivity contribution in [2.45, 2.75) is 25.0 Å². The number of fused-ring (bicyclic) bond motifs is 1. The molecule has 1 aliphatic heterocycles. The van der Waals surface area contributed by atoms with E-state index < -0.39 is 41.2 Å². The summed E-state index contributed by atoms with van der Waals surface area (Å²) < 4.78 is 0. The van der Waals surface area contributed by atoms with Crippen molar-refractivity contribution in [3.63, 3.8) is 0 Å². The van der Waals surface area contributed by atoms with Crippen LogP contribution >= 0.6 is 0 Å². The minimum atomic E-state index is -1.40. The Bertz CT molecular complexity index is 704. The molecule has 0 radical (unpaired) electrons. The van der Waals surface area contributed by atoms with Crippen molar-refractivity contribution in [3.8, 4) is 0 Å². The molecule has 10 nitrogen and oxygen atoms in total. The van der Waals surface area contributed by atoms with Gasteiger partial charge in [0.25, 0.3) is 11.6 Å². The van der Waals surface area contributed by atoms with Crippen molar-refractivity contribution < 1.29 is 24.4 Å². The van der Waals surface area contributed by atoms with Gasteiger partial charge in [-0.3, -0.25) is 24.5 Å². The molecule has 1 unspecified atom stereocenters. The van der Waals surface area contributed by atoms with Gasteiger partial charge in [0.1, 0.15) is 6.04 Å². The number of rotatable bonds is 6. The summed E-state index contributed by atoms with van der Waals surface area (Å²) in [5, 5.41) is 20.0. The van der Waals surface area contributed by atoms with Gasteiger partial charge in [0.05, 0.1) is 35.1 Å². The van der Waals surface area contributed by atoms with Gasteiger partial charge in [-0.05, 0) is 6.07 Å². The zero-order valence-corrected chi connectivity index (χ0v) is 11.8. The summed E-state index contributed by atoms with van der Waals surface area (Å²) in [5.41, 5.74) is 10.7. The van der Waals surface area contributed by atoms with Crippen molar-refractivity contribution in [2.24, 2.45) is 11.5 Å². The molecule has 1 aromatic carbocycles. The summed E-state index contributed by atoms with van der Waals surface area (Å²) >= 11 is 0. The normalized spacial score (nSPS) is 15.9. The summed E-state index contributed by atoms with van der Waals surface area (Å²) in [7, 11) is 0. The van der Waals surface area contributed by atoms with Crippen LogP contribution in [0.2, 0.25) is 0 Å². The zero-order chi connectivity index (χ0) is 17.3. The molecule has 0 spiro atoms. The van der Waals surface area contributed by atoms with E-state index in [-0.39, 0.29) is 23.4 Å². The Morgan fingerprint density at radius 2 is 2.09 bits per heavy atom. The van der Waals surface area contributed by atoms with Crippen LogP contribution < -0.4 is 11.5 Å². The van der Waals surface area contributed by atoms with Crippen LogP contribution in [0.25, 0.3) is 0 Å². The first-order valence-corrected chi connectivity index (χ1v) is 6.58. The van der Waals surface area contributed by atoms with Gasteiger partial charge in [0.2, 0.25) is 5.91 Å². The lowest BCUT2D eigenvalue weighted by Gasteiger charge is -2.29. The van der Waals surface area contributed by atoms with E-state index >= 15 is 0 Å². The van der Waals surface area contributed by atoms with Crippen LogP contribution in [0.1, 0.15) is 22.3 Å². The number of aliphatic carboxylic acids is 1. The number of hydrogen-bond donors (Lipinski definition) is 3. The number of carbonyl (C=O) groups is 3. The number of nitrogens with two attached hydrogens (primary N) is 2. The van der Waals surface area contributed by atoms with Gasteiger partial charge in [-0.25, -0.2) is 0 Å². The predicted molar refractivity (Wildman–Crippen MR) is 76.2 cm³/mol. The SMILES string of the molecule is NC(=O)[C@@H](N)C(CC(=O)O)N1Cc2c(cccc2[N+](=O)[O-])C1=O. The Morgan fingerprint density at radius 3 is 2.61 bits per heavy atom. The third kappa shape index (κ3) is 2.97. The second-order valence-corrected chi connectivity index (χ2v) is 5.09. The number of carboxylic acid groups (broad SMARTS) is 1. The fourth-order valence-corrected chi connectivity index (χ4v) is 2.58. The van der Waals surface area contributed by atoms with Gasteiger partial charge in [0.15, 0.2) is 0 Å². The van der Waals surface area contributed by atoms with Gasteiger partial charge < -0.3 is 21.5 Å². The third-order valence-electron chi connectivity index (χ3n) is 3.69. The maximum Gasteiger partial charge on any atom is 0.305 e. The molecule has 2 rings (SSSR count). The second-order valence-electron chi connectivity index (χ2n) is 5.09. The maximum absolute atomic E-state index is 12.4. The summed E-state index contributed by atoms with van der Waals surface area (Å²) in [6.45, 7) is -0.204. The van der Waals surface area contributed by atoms with Crippen LogP contribution in [-0.4, -0.2) is 44.8 Å². The van der Waals surface area contributed by atoms with Crippen LogP contribution in [0.5, 0.6) is 0 Å². The lowest BCUT2D eigenvalue weighted by Crippen LogP contribution is -2.54. The van der Waals surface area contributed by atoms with Crippen LogP contribution in [0, 0.1) is 10.1 Å². The average Bonchev–Trinajstić information content (AvgIpc) is 2.80. The van der Waals surface area contributed by atoms with Crippen LogP contribution in [-0.2, 0) is 16.1 Å². The van der Waals surface area contributed by atoms with E-state index in [1.165, 1.54) is 18.2 Å². The van der Waals surface area contributed by atoms with Crippen molar-refractivity contribution in [2.75, 3.05) is 0 Å². The fraction of sp³-hybridized carbons (Fsp3) is 0.308. The quantitative estimate of drug-likeness (QED) is 0.455. The molecular weight excluding hydrogens is 308 g/mol. The lowest BCUT2D eigenvalue weighted by atomic mass is 10.0. The van der Waals surface area contributed by atoms with E-state index in [0.29, 0.717) is 0 Å². The molecular formula is C13H14N4O6. The molecule has 1 heterocycles. The van der Waals surface area contributed by atoms with Crippen molar-refractivity contribution in [1.29, 1.82) is 0 Å². The number of nitrogens with zero attached hydrogens (tertiary/aromatic N) is 2. The summed E-state index contributed by atoms with van der Waals surface area (Å²) in [6, 6.07) is 1.42. The predicted octanol–water partition coefficient (Wildman–Crippen LogP) is -0.793. The van der Waals surface area contributed by atoms with E-state index in [9.17, 15) is 24.5 Å². The molecule has 0 aromatic heterocycles. The van der Waals surface area contributed by atoms with E-state index in [4.69, 9.17) is 16.6 Å². The molecule has 2 amide bonds. The number of primary amides is 1. The van der Waals surface area contributed by atoms with Crippen molar-refractivity contribution >= 4 is 23.5 Å². The molecule has 0 fully saturated rings. The fourth-order valence-electron chi connectivity index (χ4n) is 2.58. The van der Waals surface area contributed by atoms with E-state index in [1.807, 2.05) is 0 Å². The van der Waals surface area contributed by atoms with Crippen LogP contribution in [0.3, 0.4) is 0 Å². The molecule has 0 saturated heterocycles. The Hall–Kier alpha value is -3.01. The molecule has 5 N–H and O–H groups in total. The highest BCUT2D eigenvalue weighted by molar-refractivity contribution is 6.00. The lowest BCUT2D eigenvalue weighted by molar-refractivity contribution is -0.385. The monoisotopic (exact) mass is 322 g/mol. The van der Waals surface area contributed by atoms with Gasteiger partial charge >= 0.3 is 5.97 Å². The number of nitro benzene ring substituents is 1. The molecule has 23 heavy (non-hydrogen) atoms. The highest BCUT2D eigenvalue weighted by Crippen LogP contribution is 2.32. The van der Waals surface area contributed by atoms with E-state index in [0.717, 1.165) is 4.90 Å². The Morgan fingerprint density at radius 1 is 1.43 bits per heavy atom. The molecule has 1 aromatic rings. The Labute approximate surface area is 129 Å². The van der Waals surface area contributed by atoms with Crippen molar-refractivity contribution in [1.82, 2.24) is 4.90 Å². The third-order valence-corrected chi connectivity index (χ3v) is 3.69. The van der Waals surface area contributed by atoms with Gasteiger partial charge in [-0.15, -0.1) is 0 Å². The zero-order valence-electron chi connectivity index (χ0n) is 11.8. The number of benzene rings is 1. The number of carboxylic acids is 1. The molecule has 1 aliphatic rings. The van der Waals surface area contributed by atoms with E-state index in [2.05, 4.69) is 0 Å². The number of carbonyl (C=O) groups excluding carboxylic acids is 2. The first-order valence-electron chi connectivity index (χ1n) is 6.58. The van der Waals surface area contributed by atoms with E-state index in [1.54, 1.807) is 0 Å². The topological polar surface area (TPSA) is 170 Å². The highest BCUT2D eigenvalue weighted by atomic mass is 16.6. The molecule has 0 bridgehead atoms. The van der Waals surface area contributed by atoms with Crippen molar-refractivity contribution in [3.05, 3.63) is 39.4 Å². The maximum atomic E-state index is 12.4. The highest BCUT2D eigenvalue weighted by Gasteiger charge is 2.41. The van der Waals surface area contributed by atoms with Crippen LogP contribution in [0.4, 0.5) is 5.69 Å². The van der Waals surface area contributed by atoms with Gasteiger partial charge in [0, 0.05) is 6.07 Å². The van der Waals surface area contributed by atoms with Gasteiger partial charge in [-0.1, -0.05) is 6.07 Å². The minimum Gasteiger partial charge on any atom is -0.481 e. The van der Waals surface area contributed by atoms with Crippen LogP contribution in [0.15, 0.2) is 18.2 Å². The summed E-state index contributed by atoms with van der Waals surface area (Å²) in [6.07, 6.45) is -0.600.